The van der Waals surface area contributed by atoms with E-state index in [1.807, 2.05) is 0 Å². The summed E-state index contributed by atoms with van der Waals surface area (Å²) in [5.74, 6) is 0. The summed E-state index contributed by atoms with van der Waals surface area (Å²) in [6, 6.07) is 0. The SMILES string of the molecule is CC/C=C\C=C(/C)CCCCCCCCC. The van der Waals surface area contributed by atoms with Crippen molar-refractivity contribution in [2.24, 2.45) is 0 Å². The average molecular weight is 222 g/mol. The summed E-state index contributed by atoms with van der Waals surface area (Å²) in [6.07, 6.45) is 18.9. The minimum absolute atomic E-state index is 1.14. The standard InChI is InChI=1S/C16H30/c1-4-6-8-9-10-11-13-15-16(3)14-12-7-5-2/h7,12,14H,4-6,8-11,13,15H2,1-3H3/b12-7-,16-14+. The zero-order chi connectivity index (χ0) is 12.1. The van der Waals surface area contributed by atoms with Crippen LogP contribution in [0.2, 0.25) is 0 Å². The largest absolute Gasteiger partial charge is 0.0848 e. The number of unbranched alkanes of at least 4 members (excludes halogenated alkanes) is 6. The summed E-state index contributed by atoms with van der Waals surface area (Å²) in [5, 5.41) is 0. The van der Waals surface area contributed by atoms with E-state index in [2.05, 4.69) is 39.0 Å². The molecule has 94 valence electrons. The van der Waals surface area contributed by atoms with Crippen molar-refractivity contribution in [1.29, 1.82) is 0 Å². The molecule has 0 atom stereocenters. The first-order valence-electron chi connectivity index (χ1n) is 7.13. The first kappa shape index (κ1) is 15.5. The van der Waals surface area contributed by atoms with Gasteiger partial charge in [-0.15, -0.1) is 0 Å². The molecule has 0 unspecified atom stereocenters. The Morgan fingerprint density at radius 1 is 0.875 bits per heavy atom. The highest BCUT2D eigenvalue weighted by atomic mass is 14.0. The van der Waals surface area contributed by atoms with Gasteiger partial charge >= 0.3 is 0 Å². The molecular formula is C16H30. The summed E-state index contributed by atoms with van der Waals surface area (Å²) >= 11 is 0. The van der Waals surface area contributed by atoms with Crippen LogP contribution in [0.1, 0.15) is 78.6 Å². The number of allylic oxidation sites excluding steroid dienone is 4. The van der Waals surface area contributed by atoms with Gasteiger partial charge in [0.15, 0.2) is 0 Å². The van der Waals surface area contributed by atoms with Gasteiger partial charge < -0.3 is 0 Å². The Hall–Kier alpha value is -0.520. The number of hydrogen-bond acceptors (Lipinski definition) is 0. The fraction of sp³-hybridized carbons (Fsp3) is 0.750. The molecule has 0 aliphatic carbocycles. The zero-order valence-electron chi connectivity index (χ0n) is 11.6. The quantitative estimate of drug-likeness (QED) is 0.312. The molecule has 0 spiro atoms. The fourth-order valence-electron chi connectivity index (χ4n) is 1.81. The van der Waals surface area contributed by atoms with Gasteiger partial charge in [0.05, 0.1) is 0 Å². The summed E-state index contributed by atoms with van der Waals surface area (Å²) in [6.45, 7) is 6.70. The molecule has 0 amide bonds. The van der Waals surface area contributed by atoms with E-state index in [1.165, 1.54) is 56.9 Å². The third-order valence-corrected chi connectivity index (χ3v) is 2.93. The molecule has 0 radical (unpaired) electrons. The lowest BCUT2D eigenvalue weighted by Gasteiger charge is -2.01. The van der Waals surface area contributed by atoms with Gasteiger partial charge in [0.2, 0.25) is 0 Å². The van der Waals surface area contributed by atoms with Gasteiger partial charge in [-0.3, -0.25) is 0 Å². The fourth-order valence-corrected chi connectivity index (χ4v) is 1.81. The van der Waals surface area contributed by atoms with Crippen LogP contribution >= 0.6 is 0 Å². The first-order valence-corrected chi connectivity index (χ1v) is 7.13. The monoisotopic (exact) mass is 222 g/mol. The van der Waals surface area contributed by atoms with Crippen LogP contribution in [0.15, 0.2) is 23.8 Å². The molecule has 0 heterocycles. The molecule has 0 aromatic rings. The van der Waals surface area contributed by atoms with Gasteiger partial charge in [0, 0.05) is 0 Å². The van der Waals surface area contributed by atoms with E-state index in [9.17, 15) is 0 Å². The van der Waals surface area contributed by atoms with E-state index in [0.29, 0.717) is 0 Å². The van der Waals surface area contributed by atoms with Crippen LogP contribution in [-0.4, -0.2) is 0 Å². The molecule has 0 rings (SSSR count). The van der Waals surface area contributed by atoms with Gasteiger partial charge in [-0.25, -0.2) is 0 Å². The normalized spacial score (nSPS) is 12.6. The molecule has 0 fully saturated rings. The number of rotatable bonds is 10. The van der Waals surface area contributed by atoms with Crippen molar-refractivity contribution in [3.05, 3.63) is 23.8 Å². The summed E-state index contributed by atoms with van der Waals surface area (Å²) in [4.78, 5) is 0. The molecule has 0 nitrogen and oxygen atoms in total. The predicted molar refractivity (Wildman–Crippen MR) is 75.8 cm³/mol. The Balaban J connectivity index is 3.30. The summed E-state index contributed by atoms with van der Waals surface area (Å²) < 4.78 is 0. The van der Waals surface area contributed by atoms with Crippen LogP contribution in [-0.2, 0) is 0 Å². The maximum Gasteiger partial charge on any atom is -0.0320 e. The van der Waals surface area contributed by atoms with Crippen molar-refractivity contribution in [2.45, 2.75) is 78.6 Å². The van der Waals surface area contributed by atoms with Crippen molar-refractivity contribution in [1.82, 2.24) is 0 Å². The lowest BCUT2D eigenvalue weighted by atomic mass is 10.1. The molecule has 0 aliphatic rings. The Morgan fingerprint density at radius 3 is 2.12 bits per heavy atom. The second-order valence-electron chi connectivity index (χ2n) is 4.72. The second-order valence-corrected chi connectivity index (χ2v) is 4.72. The van der Waals surface area contributed by atoms with Crippen LogP contribution in [0.25, 0.3) is 0 Å². The number of hydrogen-bond donors (Lipinski definition) is 0. The molecule has 0 heteroatoms. The maximum absolute atomic E-state index is 2.28. The van der Waals surface area contributed by atoms with Crippen LogP contribution in [0, 0.1) is 0 Å². The Morgan fingerprint density at radius 2 is 1.50 bits per heavy atom. The van der Waals surface area contributed by atoms with Crippen molar-refractivity contribution in [3.63, 3.8) is 0 Å². The maximum atomic E-state index is 2.28. The van der Waals surface area contributed by atoms with E-state index in [4.69, 9.17) is 0 Å². The highest BCUT2D eigenvalue weighted by molar-refractivity contribution is 5.10. The van der Waals surface area contributed by atoms with Gasteiger partial charge in [-0.1, -0.05) is 76.2 Å². The zero-order valence-corrected chi connectivity index (χ0v) is 11.6. The lowest BCUT2D eigenvalue weighted by Crippen LogP contribution is -1.81. The minimum Gasteiger partial charge on any atom is -0.0848 e. The second kappa shape index (κ2) is 12.5. The van der Waals surface area contributed by atoms with Crippen LogP contribution in [0.5, 0.6) is 0 Å². The Labute approximate surface area is 103 Å². The van der Waals surface area contributed by atoms with E-state index in [1.54, 1.807) is 0 Å². The van der Waals surface area contributed by atoms with Gasteiger partial charge in [0.25, 0.3) is 0 Å². The third-order valence-electron chi connectivity index (χ3n) is 2.93. The molecule has 0 bridgehead atoms. The van der Waals surface area contributed by atoms with E-state index >= 15 is 0 Å². The van der Waals surface area contributed by atoms with E-state index < -0.39 is 0 Å². The van der Waals surface area contributed by atoms with Gasteiger partial charge in [0.1, 0.15) is 0 Å². The molecule has 16 heavy (non-hydrogen) atoms. The molecule has 0 saturated carbocycles. The molecular weight excluding hydrogens is 192 g/mol. The Bertz CT molecular complexity index is 186. The van der Waals surface area contributed by atoms with Crippen LogP contribution in [0.3, 0.4) is 0 Å². The minimum atomic E-state index is 1.14. The lowest BCUT2D eigenvalue weighted by molar-refractivity contribution is 0.588. The molecule has 0 aromatic carbocycles. The van der Waals surface area contributed by atoms with Crippen molar-refractivity contribution >= 4 is 0 Å². The highest BCUT2D eigenvalue weighted by Gasteiger charge is 1.92. The molecule has 0 N–H and O–H groups in total. The predicted octanol–water partition coefficient (Wildman–Crippen LogP) is 6.04. The van der Waals surface area contributed by atoms with Gasteiger partial charge in [-0.2, -0.15) is 0 Å². The Kier molecular flexibility index (Phi) is 12.1. The van der Waals surface area contributed by atoms with Crippen LogP contribution < -0.4 is 0 Å². The first-order chi connectivity index (χ1) is 7.81. The highest BCUT2D eigenvalue weighted by Crippen LogP contribution is 2.12. The molecule has 0 aromatic heterocycles. The van der Waals surface area contributed by atoms with E-state index in [-0.39, 0.29) is 0 Å². The molecule has 0 saturated heterocycles. The van der Waals surface area contributed by atoms with Crippen molar-refractivity contribution in [2.75, 3.05) is 0 Å². The summed E-state index contributed by atoms with van der Waals surface area (Å²) in [7, 11) is 0. The van der Waals surface area contributed by atoms with Gasteiger partial charge in [-0.05, 0) is 26.2 Å². The topological polar surface area (TPSA) is 0 Å². The van der Waals surface area contributed by atoms with E-state index in [0.717, 1.165) is 6.42 Å². The third kappa shape index (κ3) is 11.6. The van der Waals surface area contributed by atoms with Crippen LogP contribution in [0.4, 0.5) is 0 Å². The van der Waals surface area contributed by atoms with Crippen molar-refractivity contribution in [3.8, 4) is 0 Å². The summed E-state index contributed by atoms with van der Waals surface area (Å²) in [5.41, 5.74) is 1.53. The van der Waals surface area contributed by atoms with Crippen molar-refractivity contribution < 1.29 is 0 Å². The molecule has 0 aliphatic heterocycles. The average Bonchev–Trinajstić information content (AvgIpc) is 2.28. The smallest absolute Gasteiger partial charge is 0.0320 e.